The molecule has 7 nitrogen and oxygen atoms in total. The standard InChI is InChI=1S/C19H31N3O4/c1-20-5-7-21(8-6-20)13-17(24)14-26-19-9-15(3-4-18(19)25-2)10-22-11-16(23)12-22/h3-4,9,16-17,23-24H,5-8,10-14H2,1-2H3/t17-/m1/s1. The maximum Gasteiger partial charge on any atom is 0.161 e. The molecule has 0 spiro atoms. The van der Waals surface area contributed by atoms with Crippen molar-refractivity contribution in [2.75, 3.05) is 66.6 Å². The molecule has 2 fully saturated rings. The van der Waals surface area contributed by atoms with Crippen LogP contribution in [0.3, 0.4) is 0 Å². The van der Waals surface area contributed by atoms with Gasteiger partial charge in [-0.3, -0.25) is 9.80 Å². The van der Waals surface area contributed by atoms with E-state index in [1.165, 1.54) is 0 Å². The Hall–Kier alpha value is -1.38. The molecule has 26 heavy (non-hydrogen) atoms. The summed E-state index contributed by atoms with van der Waals surface area (Å²) >= 11 is 0. The normalized spacial score (nSPS) is 21.4. The summed E-state index contributed by atoms with van der Waals surface area (Å²) in [5.74, 6) is 1.33. The number of rotatable bonds is 8. The van der Waals surface area contributed by atoms with Gasteiger partial charge in [0, 0.05) is 52.4 Å². The molecule has 3 rings (SSSR count). The van der Waals surface area contributed by atoms with Gasteiger partial charge in [0.1, 0.15) is 12.7 Å². The van der Waals surface area contributed by atoms with Crippen molar-refractivity contribution in [3.63, 3.8) is 0 Å². The van der Waals surface area contributed by atoms with Crippen molar-refractivity contribution in [3.8, 4) is 11.5 Å². The number of likely N-dealkylation sites (tertiary alicyclic amines) is 1. The molecule has 0 amide bonds. The zero-order valence-corrected chi connectivity index (χ0v) is 15.8. The van der Waals surface area contributed by atoms with Gasteiger partial charge in [0.2, 0.25) is 0 Å². The average molecular weight is 365 g/mol. The third kappa shape index (κ3) is 5.31. The maximum atomic E-state index is 10.3. The summed E-state index contributed by atoms with van der Waals surface area (Å²) in [6, 6.07) is 5.87. The third-order valence-electron chi connectivity index (χ3n) is 5.07. The maximum absolute atomic E-state index is 10.3. The number of hydrogen-bond acceptors (Lipinski definition) is 7. The molecule has 2 heterocycles. The number of methoxy groups -OCH3 is 1. The highest BCUT2D eigenvalue weighted by Gasteiger charge is 2.24. The van der Waals surface area contributed by atoms with Gasteiger partial charge in [-0.1, -0.05) is 6.07 Å². The molecule has 1 atom stereocenters. The highest BCUT2D eigenvalue weighted by Crippen LogP contribution is 2.29. The smallest absolute Gasteiger partial charge is 0.161 e. The Morgan fingerprint density at radius 2 is 1.85 bits per heavy atom. The van der Waals surface area contributed by atoms with Crippen LogP contribution >= 0.6 is 0 Å². The minimum Gasteiger partial charge on any atom is -0.493 e. The minimum atomic E-state index is -0.530. The molecule has 7 heteroatoms. The van der Waals surface area contributed by atoms with E-state index in [1.807, 2.05) is 18.2 Å². The van der Waals surface area contributed by atoms with Crippen molar-refractivity contribution < 1.29 is 19.7 Å². The minimum absolute atomic E-state index is 0.200. The first-order chi connectivity index (χ1) is 12.5. The first-order valence-electron chi connectivity index (χ1n) is 9.32. The van der Waals surface area contributed by atoms with Crippen molar-refractivity contribution in [1.82, 2.24) is 14.7 Å². The number of benzene rings is 1. The highest BCUT2D eigenvalue weighted by molar-refractivity contribution is 5.43. The Kier molecular flexibility index (Phi) is 6.72. The Bertz CT molecular complexity index is 572. The second-order valence-corrected chi connectivity index (χ2v) is 7.40. The predicted octanol–water partition coefficient (Wildman–Crippen LogP) is -0.141. The van der Waals surface area contributed by atoms with Gasteiger partial charge in [-0.15, -0.1) is 0 Å². The lowest BCUT2D eigenvalue weighted by molar-refractivity contribution is -0.00293. The van der Waals surface area contributed by atoms with Gasteiger partial charge in [0.25, 0.3) is 0 Å². The fourth-order valence-electron chi connectivity index (χ4n) is 3.43. The van der Waals surface area contributed by atoms with E-state index in [2.05, 4.69) is 21.7 Å². The molecule has 0 bridgehead atoms. The molecule has 0 radical (unpaired) electrons. The molecule has 1 aromatic carbocycles. The monoisotopic (exact) mass is 365 g/mol. The van der Waals surface area contributed by atoms with Crippen LogP contribution in [0.4, 0.5) is 0 Å². The molecule has 2 aliphatic rings. The van der Waals surface area contributed by atoms with Gasteiger partial charge in [0.15, 0.2) is 11.5 Å². The molecule has 0 saturated carbocycles. The van der Waals surface area contributed by atoms with E-state index in [1.54, 1.807) is 7.11 Å². The predicted molar refractivity (Wildman–Crippen MR) is 99.7 cm³/mol. The van der Waals surface area contributed by atoms with Crippen LogP contribution in [0.15, 0.2) is 18.2 Å². The SMILES string of the molecule is COc1ccc(CN2CC(O)C2)cc1OC[C@H](O)CN1CCN(C)CC1. The molecule has 0 aliphatic carbocycles. The Labute approximate surface area is 155 Å². The Balaban J connectivity index is 1.50. The molecule has 2 aliphatic heterocycles. The van der Waals surface area contributed by atoms with Gasteiger partial charge < -0.3 is 24.6 Å². The van der Waals surface area contributed by atoms with Gasteiger partial charge in [-0.05, 0) is 24.7 Å². The fourth-order valence-corrected chi connectivity index (χ4v) is 3.43. The molecule has 2 saturated heterocycles. The number of likely N-dealkylation sites (N-methyl/N-ethyl adjacent to an activating group) is 1. The van der Waals surface area contributed by atoms with E-state index < -0.39 is 6.10 Å². The van der Waals surface area contributed by atoms with Crippen LogP contribution in [-0.2, 0) is 6.54 Å². The quantitative estimate of drug-likeness (QED) is 0.665. The number of β-amino-alcohol motifs (C(OH)–C–C–N with tert-alkyl or cyclic N) is 2. The van der Waals surface area contributed by atoms with Crippen LogP contribution in [0.5, 0.6) is 11.5 Å². The van der Waals surface area contributed by atoms with E-state index in [9.17, 15) is 10.2 Å². The molecule has 0 aromatic heterocycles. The van der Waals surface area contributed by atoms with E-state index in [0.717, 1.165) is 38.3 Å². The van der Waals surface area contributed by atoms with Crippen LogP contribution in [0, 0.1) is 0 Å². The van der Waals surface area contributed by atoms with E-state index in [0.29, 0.717) is 31.1 Å². The third-order valence-corrected chi connectivity index (χ3v) is 5.07. The van der Waals surface area contributed by atoms with Crippen LogP contribution < -0.4 is 9.47 Å². The zero-order chi connectivity index (χ0) is 18.5. The summed E-state index contributed by atoms with van der Waals surface area (Å²) in [6.45, 7) is 7.11. The van der Waals surface area contributed by atoms with Gasteiger partial charge in [0.05, 0.1) is 13.2 Å². The van der Waals surface area contributed by atoms with E-state index in [4.69, 9.17) is 9.47 Å². The summed E-state index contributed by atoms with van der Waals surface area (Å²) in [4.78, 5) is 6.75. The number of hydrogen-bond donors (Lipinski definition) is 2. The highest BCUT2D eigenvalue weighted by atomic mass is 16.5. The Morgan fingerprint density at radius 3 is 2.50 bits per heavy atom. The number of piperazine rings is 1. The first kappa shape index (κ1) is 19.4. The van der Waals surface area contributed by atoms with Gasteiger partial charge in [-0.2, -0.15) is 0 Å². The van der Waals surface area contributed by atoms with Gasteiger partial charge in [-0.25, -0.2) is 0 Å². The van der Waals surface area contributed by atoms with Crippen molar-refractivity contribution in [2.45, 2.75) is 18.8 Å². The summed E-state index contributed by atoms with van der Waals surface area (Å²) in [7, 11) is 3.74. The molecule has 0 unspecified atom stereocenters. The molecular weight excluding hydrogens is 334 g/mol. The first-order valence-corrected chi connectivity index (χ1v) is 9.32. The van der Waals surface area contributed by atoms with Crippen molar-refractivity contribution in [1.29, 1.82) is 0 Å². The lowest BCUT2D eigenvalue weighted by Crippen LogP contribution is -2.49. The molecule has 1 aromatic rings. The van der Waals surface area contributed by atoms with Crippen molar-refractivity contribution in [3.05, 3.63) is 23.8 Å². The number of aliphatic hydroxyl groups is 2. The lowest BCUT2D eigenvalue weighted by Gasteiger charge is -2.35. The van der Waals surface area contributed by atoms with Crippen molar-refractivity contribution >= 4 is 0 Å². The summed E-state index contributed by atoms with van der Waals surface area (Å²) in [6.07, 6.45) is -0.731. The Morgan fingerprint density at radius 1 is 1.12 bits per heavy atom. The fraction of sp³-hybridized carbons (Fsp3) is 0.684. The van der Waals surface area contributed by atoms with Crippen LogP contribution in [0.1, 0.15) is 5.56 Å². The number of aliphatic hydroxyl groups excluding tert-OH is 2. The number of ether oxygens (including phenoxy) is 2. The van der Waals surface area contributed by atoms with Crippen molar-refractivity contribution in [2.24, 2.45) is 0 Å². The molecule has 146 valence electrons. The average Bonchev–Trinajstić information content (AvgIpc) is 2.61. The number of nitrogens with zero attached hydrogens (tertiary/aromatic N) is 3. The second-order valence-electron chi connectivity index (χ2n) is 7.40. The van der Waals surface area contributed by atoms with E-state index >= 15 is 0 Å². The topological polar surface area (TPSA) is 68.6 Å². The lowest BCUT2D eigenvalue weighted by atomic mass is 10.1. The van der Waals surface area contributed by atoms with Crippen LogP contribution in [0.25, 0.3) is 0 Å². The zero-order valence-electron chi connectivity index (χ0n) is 15.8. The summed E-state index contributed by atoms with van der Waals surface area (Å²) in [5, 5.41) is 19.7. The molecular formula is C19H31N3O4. The largest absolute Gasteiger partial charge is 0.493 e. The summed E-state index contributed by atoms with van der Waals surface area (Å²) < 4.78 is 11.2. The second kappa shape index (κ2) is 9.01. The van der Waals surface area contributed by atoms with Gasteiger partial charge >= 0.3 is 0 Å². The molecule has 2 N–H and O–H groups in total. The van der Waals surface area contributed by atoms with E-state index in [-0.39, 0.29) is 12.7 Å². The summed E-state index contributed by atoms with van der Waals surface area (Å²) in [5.41, 5.74) is 1.11. The van der Waals surface area contributed by atoms with Crippen LogP contribution in [0.2, 0.25) is 0 Å². The van der Waals surface area contributed by atoms with Crippen LogP contribution in [-0.4, -0.2) is 104 Å².